The van der Waals surface area contributed by atoms with E-state index >= 15 is 0 Å². The van der Waals surface area contributed by atoms with Crippen LogP contribution in [0.5, 0.6) is 0 Å². The molecule has 0 saturated heterocycles. The van der Waals surface area contributed by atoms with Crippen molar-refractivity contribution in [3.05, 3.63) is 52.6 Å². The second-order valence-electron chi connectivity index (χ2n) is 7.05. The minimum Gasteiger partial charge on any atom is -0.351 e. The van der Waals surface area contributed by atoms with E-state index in [1.54, 1.807) is 24.3 Å². The number of aromatic amines is 2. The molecule has 4 rings (SSSR count). The minimum atomic E-state index is -1.22. The molecule has 4 N–H and O–H groups in total. The highest BCUT2D eigenvalue weighted by molar-refractivity contribution is 5.96. The van der Waals surface area contributed by atoms with Gasteiger partial charge in [0.2, 0.25) is 12.4 Å². The largest absolute Gasteiger partial charge is 0.351 e. The standard InChI is InChI=1S/C20H21FN6O3/c1-27(2)8-9-30-20(29)24-19-22-14-7-6-11(10-15(14)23-19)17-16-12(18(28)26-25-17)4-3-5-13(16)21/h3-7,10,20,29H,8-9H2,1-2H3,(H,26,28)(H2,22,23,24). The number of benzene rings is 2. The lowest BCUT2D eigenvalue weighted by atomic mass is 10.0. The van der Waals surface area contributed by atoms with Gasteiger partial charge in [-0.15, -0.1) is 0 Å². The van der Waals surface area contributed by atoms with Gasteiger partial charge in [-0.05, 0) is 38.4 Å². The number of anilines is 1. The van der Waals surface area contributed by atoms with Crippen LogP contribution in [0.3, 0.4) is 0 Å². The van der Waals surface area contributed by atoms with Gasteiger partial charge in [0.25, 0.3) is 5.56 Å². The molecule has 0 bridgehead atoms. The van der Waals surface area contributed by atoms with E-state index in [1.807, 2.05) is 19.0 Å². The Morgan fingerprint density at radius 1 is 1.30 bits per heavy atom. The normalized spacial score (nSPS) is 12.7. The van der Waals surface area contributed by atoms with Crippen molar-refractivity contribution in [3.8, 4) is 11.3 Å². The van der Waals surface area contributed by atoms with Crippen LogP contribution in [0.25, 0.3) is 33.1 Å². The first-order valence-corrected chi connectivity index (χ1v) is 9.30. The van der Waals surface area contributed by atoms with Crippen LogP contribution in [0, 0.1) is 5.82 Å². The third-order valence-electron chi connectivity index (χ3n) is 4.60. The third kappa shape index (κ3) is 4.01. The summed E-state index contributed by atoms with van der Waals surface area (Å²) in [7, 11) is 3.82. The molecule has 1 atom stereocenters. The smallest absolute Gasteiger partial charge is 0.272 e. The van der Waals surface area contributed by atoms with Crippen LogP contribution in [0.2, 0.25) is 0 Å². The van der Waals surface area contributed by atoms with Gasteiger partial charge in [0.1, 0.15) is 11.5 Å². The average molecular weight is 412 g/mol. The van der Waals surface area contributed by atoms with Gasteiger partial charge in [0.15, 0.2) is 0 Å². The molecule has 0 amide bonds. The molecule has 0 fully saturated rings. The predicted molar refractivity (Wildman–Crippen MR) is 112 cm³/mol. The number of hydrogen-bond acceptors (Lipinski definition) is 7. The van der Waals surface area contributed by atoms with E-state index in [0.29, 0.717) is 41.4 Å². The zero-order valence-electron chi connectivity index (χ0n) is 16.4. The Bertz CT molecular complexity index is 1250. The van der Waals surface area contributed by atoms with E-state index in [1.165, 1.54) is 12.1 Å². The van der Waals surface area contributed by atoms with Crippen LogP contribution in [-0.4, -0.2) is 63.8 Å². The number of aliphatic hydroxyl groups is 1. The fourth-order valence-electron chi connectivity index (χ4n) is 3.11. The highest BCUT2D eigenvalue weighted by Crippen LogP contribution is 2.29. The number of imidazole rings is 1. The molecular formula is C20H21FN6O3. The van der Waals surface area contributed by atoms with Crippen molar-refractivity contribution >= 4 is 27.8 Å². The van der Waals surface area contributed by atoms with E-state index in [-0.39, 0.29) is 10.8 Å². The van der Waals surface area contributed by atoms with E-state index in [0.717, 1.165) is 0 Å². The molecule has 4 aromatic rings. The second kappa shape index (κ2) is 8.19. The van der Waals surface area contributed by atoms with Crippen molar-refractivity contribution in [1.29, 1.82) is 0 Å². The molecule has 30 heavy (non-hydrogen) atoms. The van der Waals surface area contributed by atoms with Gasteiger partial charge < -0.3 is 25.0 Å². The highest BCUT2D eigenvalue weighted by Gasteiger charge is 2.15. The van der Waals surface area contributed by atoms with Crippen LogP contribution in [-0.2, 0) is 4.74 Å². The number of H-pyrrole nitrogens is 2. The van der Waals surface area contributed by atoms with Gasteiger partial charge in [-0.3, -0.25) is 4.79 Å². The molecule has 2 heterocycles. The Labute approximate surface area is 170 Å². The van der Waals surface area contributed by atoms with Crippen molar-refractivity contribution in [2.24, 2.45) is 0 Å². The highest BCUT2D eigenvalue weighted by atomic mass is 19.1. The topological polar surface area (TPSA) is 119 Å². The van der Waals surface area contributed by atoms with Gasteiger partial charge in [-0.2, -0.15) is 5.10 Å². The van der Waals surface area contributed by atoms with Crippen LogP contribution in [0.4, 0.5) is 10.3 Å². The summed E-state index contributed by atoms with van der Waals surface area (Å²) >= 11 is 0. The number of nitrogens with one attached hydrogen (secondary N) is 3. The van der Waals surface area contributed by atoms with E-state index in [4.69, 9.17) is 4.74 Å². The van der Waals surface area contributed by atoms with Gasteiger partial charge in [0.05, 0.1) is 28.4 Å². The third-order valence-corrected chi connectivity index (χ3v) is 4.60. The number of likely N-dealkylation sites (N-methyl/N-ethyl adjacent to an activating group) is 1. The first-order valence-electron chi connectivity index (χ1n) is 9.30. The quantitative estimate of drug-likeness (QED) is 0.342. The van der Waals surface area contributed by atoms with Crippen LogP contribution in [0.1, 0.15) is 0 Å². The van der Waals surface area contributed by atoms with Gasteiger partial charge in [0, 0.05) is 12.1 Å². The molecule has 156 valence electrons. The molecule has 0 spiro atoms. The zero-order valence-corrected chi connectivity index (χ0v) is 16.4. The van der Waals surface area contributed by atoms with Crippen molar-refractivity contribution < 1.29 is 14.2 Å². The number of ether oxygens (including phenoxy) is 1. The molecule has 0 saturated carbocycles. The summed E-state index contributed by atoms with van der Waals surface area (Å²) in [5.74, 6) is -0.200. The number of halogens is 1. The summed E-state index contributed by atoms with van der Waals surface area (Å²) in [6.07, 6.45) is -1.22. The molecule has 0 radical (unpaired) electrons. The van der Waals surface area contributed by atoms with Crippen LogP contribution in [0.15, 0.2) is 41.2 Å². The van der Waals surface area contributed by atoms with E-state index < -0.39 is 17.8 Å². The van der Waals surface area contributed by atoms with E-state index in [2.05, 4.69) is 25.5 Å². The van der Waals surface area contributed by atoms with Crippen LogP contribution >= 0.6 is 0 Å². The summed E-state index contributed by atoms with van der Waals surface area (Å²) in [6.45, 7) is 1.01. The second-order valence-corrected chi connectivity index (χ2v) is 7.05. The maximum atomic E-state index is 14.5. The summed E-state index contributed by atoms with van der Waals surface area (Å²) in [4.78, 5) is 21.4. The number of aliphatic hydroxyl groups excluding tert-OH is 1. The molecule has 1 unspecified atom stereocenters. The molecule has 10 heteroatoms. The lowest BCUT2D eigenvalue weighted by Gasteiger charge is -2.14. The van der Waals surface area contributed by atoms with Crippen molar-refractivity contribution in [2.45, 2.75) is 6.41 Å². The zero-order chi connectivity index (χ0) is 21.3. The first kappa shape index (κ1) is 20.0. The lowest BCUT2D eigenvalue weighted by molar-refractivity contribution is -0.0811. The van der Waals surface area contributed by atoms with Crippen LogP contribution < -0.4 is 10.9 Å². The Morgan fingerprint density at radius 2 is 2.13 bits per heavy atom. The predicted octanol–water partition coefficient (Wildman–Crippen LogP) is 1.87. The SMILES string of the molecule is CN(C)CCOC(O)Nc1nc2cc(-c3n[nH]c(=O)c4cccc(F)c34)ccc2[nH]1. The van der Waals surface area contributed by atoms with Crippen molar-refractivity contribution in [2.75, 3.05) is 32.6 Å². The number of aromatic nitrogens is 4. The number of rotatable bonds is 7. The Kier molecular flexibility index (Phi) is 5.44. The van der Waals surface area contributed by atoms with Gasteiger partial charge >= 0.3 is 0 Å². The summed E-state index contributed by atoms with van der Waals surface area (Å²) in [6, 6.07) is 9.57. The summed E-state index contributed by atoms with van der Waals surface area (Å²) in [5.41, 5.74) is 1.73. The maximum absolute atomic E-state index is 14.5. The fourth-order valence-corrected chi connectivity index (χ4v) is 3.11. The van der Waals surface area contributed by atoms with Gasteiger partial charge in [-0.25, -0.2) is 14.5 Å². The number of hydrogen-bond donors (Lipinski definition) is 4. The molecule has 9 nitrogen and oxygen atoms in total. The van der Waals surface area contributed by atoms with Crippen molar-refractivity contribution in [3.63, 3.8) is 0 Å². The number of fused-ring (bicyclic) bond motifs is 2. The molecule has 0 aliphatic carbocycles. The molecule has 0 aliphatic heterocycles. The molecule has 2 aromatic carbocycles. The Hall–Kier alpha value is -3.34. The van der Waals surface area contributed by atoms with Crippen molar-refractivity contribution in [1.82, 2.24) is 25.1 Å². The monoisotopic (exact) mass is 412 g/mol. The Morgan fingerprint density at radius 3 is 2.93 bits per heavy atom. The molecule has 2 aromatic heterocycles. The minimum absolute atomic E-state index is 0.152. The Balaban J connectivity index is 1.63. The average Bonchev–Trinajstić information content (AvgIpc) is 3.10. The van der Waals surface area contributed by atoms with E-state index in [9.17, 15) is 14.3 Å². The lowest BCUT2D eigenvalue weighted by Crippen LogP contribution is -2.27. The summed E-state index contributed by atoms with van der Waals surface area (Å²) < 4.78 is 19.7. The molecular weight excluding hydrogens is 391 g/mol. The molecule has 0 aliphatic rings. The maximum Gasteiger partial charge on any atom is 0.272 e. The van der Waals surface area contributed by atoms with Gasteiger partial charge in [-0.1, -0.05) is 12.1 Å². The summed E-state index contributed by atoms with van der Waals surface area (Å²) in [5, 5.41) is 19.5. The first-order chi connectivity index (χ1) is 14.4. The fraction of sp³-hybridized carbons (Fsp3) is 0.250. The number of nitrogens with zero attached hydrogens (tertiary/aromatic N) is 3.